The normalized spacial score (nSPS) is 14.1. The fourth-order valence-electron chi connectivity index (χ4n) is 3.14. The molecule has 0 atom stereocenters. The number of amides is 1. The molecule has 0 radical (unpaired) electrons. The van der Waals surface area contributed by atoms with Gasteiger partial charge in [0, 0.05) is 12.3 Å². The first kappa shape index (κ1) is 19.8. The van der Waals surface area contributed by atoms with Crippen LogP contribution >= 0.6 is 11.6 Å². The van der Waals surface area contributed by atoms with Crippen LogP contribution in [0.3, 0.4) is 0 Å². The first-order valence-corrected chi connectivity index (χ1v) is 9.49. The van der Waals surface area contributed by atoms with E-state index in [9.17, 15) is 14.0 Å². The number of hydrogen-bond donors (Lipinski definition) is 2. The Bertz CT molecular complexity index is 1130. The average Bonchev–Trinajstić information content (AvgIpc) is 3.50. The van der Waals surface area contributed by atoms with E-state index in [-0.39, 0.29) is 27.8 Å². The lowest BCUT2D eigenvalue weighted by Crippen LogP contribution is -2.35. The fourth-order valence-corrected chi connectivity index (χ4v) is 3.30. The maximum absolute atomic E-state index is 13.5. The van der Waals surface area contributed by atoms with Crippen LogP contribution in [0.5, 0.6) is 11.6 Å². The number of nitrogens with zero attached hydrogens (tertiary/aromatic N) is 1. The van der Waals surface area contributed by atoms with Crippen molar-refractivity contribution in [1.82, 2.24) is 10.3 Å². The van der Waals surface area contributed by atoms with Gasteiger partial charge in [-0.15, -0.1) is 0 Å². The molecule has 1 amide bonds. The van der Waals surface area contributed by atoms with Gasteiger partial charge in [0.15, 0.2) is 0 Å². The number of carboxylic acids is 1. The third-order valence-corrected chi connectivity index (χ3v) is 5.07. The van der Waals surface area contributed by atoms with E-state index in [0.717, 1.165) is 5.56 Å². The van der Waals surface area contributed by atoms with Crippen LogP contribution in [0.2, 0.25) is 5.02 Å². The molecule has 0 saturated heterocycles. The molecule has 1 saturated carbocycles. The molecule has 8 heteroatoms. The molecule has 0 unspecified atom stereocenters. The van der Waals surface area contributed by atoms with E-state index < -0.39 is 23.2 Å². The predicted molar refractivity (Wildman–Crippen MR) is 108 cm³/mol. The van der Waals surface area contributed by atoms with Gasteiger partial charge >= 0.3 is 5.97 Å². The van der Waals surface area contributed by atoms with Gasteiger partial charge in [-0.2, -0.15) is 0 Å². The molecule has 0 spiro atoms. The van der Waals surface area contributed by atoms with Gasteiger partial charge in [0.05, 0.1) is 16.1 Å². The van der Waals surface area contributed by atoms with E-state index in [0.29, 0.717) is 12.8 Å². The minimum atomic E-state index is -1.01. The molecular weight excluding hydrogens is 411 g/mol. The number of aromatic carboxylic acids is 1. The number of ether oxygens (including phenoxy) is 1. The zero-order chi connectivity index (χ0) is 21.3. The van der Waals surface area contributed by atoms with Crippen molar-refractivity contribution in [2.75, 3.05) is 0 Å². The Hall–Kier alpha value is -3.45. The number of rotatable bonds is 6. The molecule has 6 nitrogen and oxygen atoms in total. The fraction of sp³-hybridized carbons (Fsp3) is 0.136. The summed E-state index contributed by atoms with van der Waals surface area (Å²) in [6.07, 6.45) is 2.75. The second-order valence-corrected chi connectivity index (χ2v) is 7.42. The Morgan fingerprint density at radius 1 is 1.13 bits per heavy atom. The topological polar surface area (TPSA) is 88.5 Å². The molecule has 2 aromatic carbocycles. The number of halogens is 2. The van der Waals surface area contributed by atoms with Crippen LogP contribution in [-0.4, -0.2) is 22.0 Å². The van der Waals surface area contributed by atoms with E-state index in [1.807, 2.05) is 0 Å². The summed E-state index contributed by atoms with van der Waals surface area (Å²) in [7, 11) is 0. The molecule has 30 heavy (non-hydrogen) atoms. The molecule has 1 heterocycles. The highest BCUT2D eigenvalue weighted by Crippen LogP contribution is 2.46. The Morgan fingerprint density at radius 2 is 1.87 bits per heavy atom. The number of pyridine rings is 1. The van der Waals surface area contributed by atoms with Gasteiger partial charge in [-0.25, -0.2) is 14.2 Å². The van der Waals surface area contributed by atoms with Gasteiger partial charge in [-0.1, -0.05) is 29.8 Å². The van der Waals surface area contributed by atoms with Crippen LogP contribution in [0, 0.1) is 5.82 Å². The summed E-state index contributed by atoms with van der Waals surface area (Å²) in [5, 5.41) is 12.3. The molecule has 1 aromatic heterocycles. The number of carboxylic acid groups (broad SMARTS) is 1. The zero-order valence-corrected chi connectivity index (χ0v) is 16.3. The number of hydrogen-bond acceptors (Lipinski definition) is 4. The molecule has 1 aliphatic rings. The summed E-state index contributed by atoms with van der Waals surface area (Å²) < 4.78 is 19.1. The first-order valence-electron chi connectivity index (χ1n) is 9.12. The quantitative estimate of drug-likeness (QED) is 0.592. The van der Waals surface area contributed by atoms with Crippen molar-refractivity contribution in [3.63, 3.8) is 0 Å². The Kier molecular flexibility index (Phi) is 5.13. The number of benzene rings is 2. The van der Waals surface area contributed by atoms with Crippen molar-refractivity contribution < 1.29 is 23.8 Å². The summed E-state index contributed by atoms with van der Waals surface area (Å²) in [5.74, 6) is -1.74. The summed E-state index contributed by atoms with van der Waals surface area (Å²) >= 11 is 6.03. The molecule has 1 fully saturated rings. The molecule has 1 aliphatic carbocycles. The molecule has 3 aromatic rings. The smallest absolute Gasteiger partial charge is 0.335 e. The number of carbonyl (C=O) groups excluding carboxylic acids is 1. The van der Waals surface area contributed by atoms with Crippen molar-refractivity contribution in [3.05, 3.63) is 88.3 Å². The first-order chi connectivity index (χ1) is 14.4. The van der Waals surface area contributed by atoms with E-state index in [2.05, 4.69) is 10.3 Å². The second kappa shape index (κ2) is 7.76. The van der Waals surface area contributed by atoms with E-state index in [1.165, 1.54) is 42.6 Å². The van der Waals surface area contributed by atoms with Gasteiger partial charge in [-0.05, 0) is 48.7 Å². The molecule has 152 valence electrons. The monoisotopic (exact) mass is 426 g/mol. The maximum Gasteiger partial charge on any atom is 0.335 e. The van der Waals surface area contributed by atoms with Gasteiger partial charge < -0.3 is 15.2 Å². The Morgan fingerprint density at radius 3 is 2.50 bits per heavy atom. The lowest BCUT2D eigenvalue weighted by Gasteiger charge is -2.19. The van der Waals surface area contributed by atoms with Crippen molar-refractivity contribution >= 4 is 23.5 Å². The van der Waals surface area contributed by atoms with Crippen molar-refractivity contribution in [2.45, 2.75) is 18.4 Å². The molecule has 0 aliphatic heterocycles. The summed E-state index contributed by atoms with van der Waals surface area (Å²) in [4.78, 5) is 28.2. The summed E-state index contributed by atoms with van der Waals surface area (Å²) in [5.41, 5.74) is 0.501. The lowest BCUT2D eigenvalue weighted by atomic mass is 10.0. The molecule has 2 N–H and O–H groups in total. The SMILES string of the molecule is O=C(O)c1ccc(C2(NC(=O)c3cc(Cl)cnc3Oc3cccc(F)c3)CC2)cc1. The summed E-state index contributed by atoms with van der Waals surface area (Å²) in [6.45, 7) is 0. The van der Waals surface area contributed by atoms with Crippen LogP contribution in [0.4, 0.5) is 4.39 Å². The largest absolute Gasteiger partial charge is 0.478 e. The van der Waals surface area contributed by atoms with Crippen molar-refractivity contribution in [2.24, 2.45) is 0 Å². The van der Waals surface area contributed by atoms with Crippen LogP contribution in [0.15, 0.2) is 60.8 Å². The summed E-state index contributed by atoms with van der Waals surface area (Å²) in [6, 6.07) is 13.3. The lowest BCUT2D eigenvalue weighted by molar-refractivity contribution is 0.0696. The van der Waals surface area contributed by atoms with Crippen LogP contribution < -0.4 is 10.1 Å². The Balaban J connectivity index is 1.58. The number of carbonyl (C=O) groups is 2. The highest BCUT2D eigenvalue weighted by atomic mass is 35.5. The van der Waals surface area contributed by atoms with Crippen LogP contribution in [0.1, 0.15) is 39.1 Å². The molecule has 0 bridgehead atoms. The van der Waals surface area contributed by atoms with Crippen molar-refractivity contribution in [3.8, 4) is 11.6 Å². The predicted octanol–water partition coefficient (Wildman–Crippen LogP) is 4.78. The third-order valence-electron chi connectivity index (χ3n) is 4.86. The minimum absolute atomic E-state index is 0.000440. The highest BCUT2D eigenvalue weighted by molar-refractivity contribution is 6.30. The van der Waals surface area contributed by atoms with Gasteiger partial charge in [0.2, 0.25) is 5.88 Å². The maximum atomic E-state index is 13.5. The van der Waals surface area contributed by atoms with E-state index in [4.69, 9.17) is 21.4 Å². The molecule has 4 rings (SSSR count). The third kappa shape index (κ3) is 4.11. The van der Waals surface area contributed by atoms with E-state index >= 15 is 0 Å². The van der Waals surface area contributed by atoms with E-state index in [1.54, 1.807) is 18.2 Å². The second-order valence-electron chi connectivity index (χ2n) is 6.98. The minimum Gasteiger partial charge on any atom is -0.478 e. The van der Waals surface area contributed by atoms with Gasteiger partial charge in [-0.3, -0.25) is 4.79 Å². The Labute approximate surface area is 176 Å². The highest BCUT2D eigenvalue weighted by Gasteiger charge is 2.46. The number of aromatic nitrogens is 1. The van der Waals surface area contributed by atoms with Crippen molar-refractivity contribution in [1.29, 1.82) is 0 Å². The zero-order valence-electron chi connectivity index (χ0n) is 15.6. The average molecular weight is 427 g/mol. The van der Waals surface area contributed by atoms with Gasteiger partial charge in [0.1, 0.15) is 17.1 Å². The number of nitrogens with one attached hydrogen (secondary N) is 1. The molecular formula is C22H16ClFN2O4. The van der Waals surface area contributed by atoms with Crippen LogP contribution in [0.25, 0.3) is 0 Å². The standard InChI is InChI=1S/C22H16ClFN2O4/c23-15-10-18(20(25-12-15)30-17-3-1-2-16(24)11-17)19(27)26-22(8-9-22)14-6-4-13(5-7-14)21(28)29/h1-7,10-12H,8-9H2,(H,26,27)(H,28,29). The van der Waals surface area contributed by atoms with Gasteiger partial charge in [0.25, 0.3) is 5.91 Å². The van der Waals surface area contributed by atoms with Crippen LogP contribution in [-0.2, 0) is 5.54 Å².